The van der Waals surface area contributed by atoms with Crippen molar-refractivity contribution >= 4 is 22.1 Å². The minimum absolute atomic E-state index is 0.0548. The molecule has 7 heteroatoms. The average Bonchev–Trinajstić information content (AvgIpc) is 3.07. The summed E-state index contributed by atoms with van der Waals surface area (Å²) in [4.78, 5) is 17.8. The first kappa shape index (κ1) is 17.5. The number of carbonyl (C=O) groups excluding carboxylic acids is 1. The molecule has 1 aliphatic heterocycles. The van der Waals surface area contributed by atoms with Gasteiger partial charge in [-0.2, -0.15) is 0 Å². The molecular formula is C19H24N2O4S. The Kier molecular flexibility index (Phi) is 3.91. The molecule has 0 unspecified atom stereocenters. The summed E-state index contributed by atoms with van der Waals surface area (Å²) in [7, 11) is -3.61. The van der Waals surface area contributed by atoms with E-state index in [1.165, 1.54) is 0 Å². The third kappa shape index (κ3) is 2.40. The number of nitrogens with zero attached hydrogens (tertiary/aromatic N) is 2. The van der Waals surface area contributed by atoms with E-state index in [1.54, 1.807) is 0 Å². The normalized spacial score (nSPS) is 33.5. The fraction of sp³-hybridized carbons (Fsp3) is 0.579. The van der Waals surface area contributed by atoms with Gasteiger partial charge in [-0.1, -0.05) is 49.3 Å². The van der Waals surface area contributed by atoms with Gasteiger partial charge in [0, 0.05) is 5.41 Å². The highest BCUT2D eigenvalue weighted by Gasteiger charge is 2.72. The van der Waals surface area contributed by atoms with Crippen LogP contribution in [0.4, 0.5) is 0 Å². The standard InChI is InChI=1S/C19H24N2O4S/c1-18(2)15-8-9-19(18)13-26(23,24)21(16(19)10-15)17(22)11-20-25-12-14-6-4-3-5-7-14/h3-7,11,15-16H,8-10,12-13H2,1-2H3/b20-11+/t15-,16-,19-/m1/s1. The third-order valence-electron chi connectivity index (χ3n) is 6.94. The zero-order valence-corrected chi connectivity index (χ0v) is 15.9. The molecule has 0 aromatic heterocycles. The molecule has 140 valence electrons. The summed E-state index contributed by atoms with van der Waals surface area (Å²) in [5.41, 5.74) is 0.561. The van der Waals surface area contributed by atoms with E-state index in [0.29, 0.717) is 5.92 Å². The van der Waals surface area contributed by atoms with Crippen LogP contribution in [0.2, 0.25) is 0 Å². The molecule has 1 spiro atoms. The molecule has 3 atom stereocenters. The zero-order valence-electron chi connectivity index (χ0n) is 15.1. The van der Waals surface area contributed by atoms with Gasteiger partial charge in [-0.05, 0) is 36.2 Å². The Hall–Kier alpha value is -1.89. The van der Waals surface area contributed by atoms with Crippen LogP contribution < -0.4 is 0 Å². The van der Waals surface area contributed by atoms with Crippen molar-refractivity contribution in [2.45, 2.75) is 45.8 Å². The molecule has 3 fully saturated rings. The lowest BCUT2D eigenvalue weighted by Crippen LogP contribution is -2.44. The SMILES string of the molecule is CC1(C)[C@@H]2CC[C@]13CS(=O)(=O)N(C(=O)/C=N/OCc1ccccc1)[C@@H]3C2. The average molecular weight is 376 g/mol. The second-order valence-electron chi connectivity index (χ2n) is 8.25. The zero-order chi connectivity index (χ0) is 18.6. The number of hydrogen-bond donors (Lipinski definition) is 0. The summed E-state index contributed by atoms with van der Waals surface area (Å²) in [6.45, 7) is 4.55. The van der Waals surface area contributed by atoms with E-state index < -0.39 is 15.9 Å². The summed E-state index contributed by atoms with van der Waals surface area (Å²) in [6, 6.07) is 9.23. The van der Waals surface area contributed by atoms with Gasteiger partial charge in [-0.3, -0.25) is 4.79 Å². The highest BCUT2D eigenvalue weighted by Crippen LogP contribution is 2.69. The van der Waals surface area contributed by atoms with Crippen LogP contribution in [0.3, 0.4) is 0 Å². The van der Waals surface area contributed by atoms with Gasteiger partial charge in [-0.25, -0.2) is 12.7 Å². The van der Waals surface area contributed by atoms with Gasteiger partial charge in [0.05, 0.1) is 11.8 Å². The molecule has 4 rings (SSSR count). The Labute approximate surface area is 154 Å². The Morgan fingerprint density at radius 1 is 1.35 bits per heavy atom. The predicted molar refractivity (Wildman–Crippen MR) is 97.7 cm³/mol. The molecule has 3 aliphatic rings. The molecule has 1 amide bonds. The molecule has 26 heavy (non-hydrogen) atoms. The molecule has 1 saturated heterocycles. The first-order chi connectivity index (χ1) is 12.3. The number of hydrogen-bond acceptors (Lipinski definition) is 5. The van der Waals surface area contributed by atoms with Gasteiger partial charge < -0.3 is 4.84 Å². The van der Waals surface area contributed by atoms with E-state index in [2.05, 4.69) is 19.0 Å². The fourth-order valence-corrected chi connectivity index (χ4v) is 7.90. The lowest BCUT2D eigenvalue weighted by Gasteiger charge is -2.36. The van der Waals surface area contributed by atoms with E-state index in [1.807, 2.05) is 30.3 Å². The Balaban J connectivity index is 1.49. The number of sulfonamides is 1. The van der Waals surface area contributed by atoms with Crippen LogP contribution in [0.15, 0.2) is 35.5 Å². The van der Waals surface area contributed by atoms with Gasteiger partial charge in [0.2, 0.25) is 10.0 Å². The van der Waals surface area contributed by atoms with Crippen molar-refractivity contribution in [2.75, 3.05) is 5.75 Å². The topological polar surface area (TPSA) is 76.0 Å². The molecule has 6 nitrogen and oxygen atoms in total. The number of rotatable bonds is 4. The minimum atomic E-state index is -3.61. The highest BCUT2D eigenvalue weighted by molar-refractivity contribution is 7.90. The number of fused-ring (bicyclic) bond motifs is 1. The van der Waals surface area contributed by atoms with Crippen LogP contribution in [-0.2, 0) is 26.3 Å². The molecule has 1 aromatic carbocycles. The van der Waals surface area contributed by atoms with Crippen molar-refractivity contribution in [2.24, 2.45) is 21.9 Å². The fourth-order valence-electron chi connectivity index (χ4n) is 5.40. The number of carbonyl (C=O) groups is 1. The maximum Gasteiger partial charge on any atom is 0.282 e. The van der Waals surface area contributed by atoms with Gasteiger partial charge in [0.1, 0.15) is 12.8 Å². The summed E-state index contributed by atoms with van der Waals surface area (Å²) < 4.78 is 26.6. The molecule has 2 saturated carbocycles. The summed E-state index contributed by atoms with van der Waals surface area (Å²) in [5.74, 6) is -0.0497. The van der Waals surface area contributed by atoms with Gasteiger partial charge >= 0.3 is 0 Å². The molecular weight excluding hydrogens is 352 g/mol. The van der Waals surface area contributed by atoms with Crippen molar-refractivity contribution in [3.8, 4) is 0 Å². The van der Waals surface area contributed by atoms with E-state index in [9.17, 15) is 13.2 Å². The molecule has 1 heterocycles. The largest absolute Gasteiger partial charge is 0.391 e. The van der Waals surface area contributed by atoms with Gasteiger partial charge in [0.15, 0.2) is 0 Å². The Bertz CT molecular complexity index is 850. The van der Waals surface area contributed by atoms with E-state index >= 15 is 0 Å². The number of amides is 1. The highest BCUT2D eigenvalue weighted by atomic mass is 32.2. The predicted octanol–water partition coefficient (Wildman–Crippen LogP) is 2.56. The summed E-state index contributed by atoms with van der Waals surface area (Å²) in [5, 5.41) is 3.71. The van der Waals surface area contributed by atoms with Crippen molar-refractivity contribution < 1.29 is 18.0 Å². The van der Waals surface area contributed by atoms with Crippen molar-refractivity contribution in [1.29, 1.82) is 0 Å². The minimum Gasteiger partial charge on any atom is -0.391 e. The Morgan fingerprint density at radius 3 is 2.77 bits per heavy atom. The smallest absolute Gasteiger partial charge is 0.282 e. The van der Waals surface area contributed by atoms with Gasteiger partial charge in [0.25, 0.3) is 5.91 Å². The second kappa shape index (κ2) is 5.81. The van der Waals surface area contributed by atoms with Crippen LogP contribution >= 0.6 is 0 Å². The maximum absolute atomic E-state index is 12.7. The first-order valence-corrected chi connectivity index (χ1v) is 10.6. The Morgan fingerprint density at radius 2 is 2.08 bits per heavy atom. The monoisotopic (exact) mass is 376 g/mol. The van der Waals surface area contributed by atoms with E-state index in [-0.39, 0.29) is 29.2 Å². The molecule has 0 radical (unpaired) electrons. The summed E-state index contributed by atoms with van der Waals surface area (Å²) >= 11 is 0. The lowest BCUT2D eigenvalue weighted by atomic mass is 9.69. The number of benzene rings is 1. The van der Waals surface area contributed by atoms with Crippen LogP contribution in [-0.4, -0.2) is 36.6 Å². The van der Waals surface area contributed by atoms with Crippen LogP contribution in [0, 0.1) is 16.7 Å². The van der Waals surface area contributed by atoms with Crippen molar-refractivity contribution in [3.05, 3.63) is 35.9 Å². The first-order valence-electron chi connectivity index (χ1n) is 9.03. The maximum atomic E-state index is 12.7. The summed E-state index contributed by atoms with van der Waals surface area (Å²) in [6.07, 6.45) is 3.69. The van der Waals surface area contributed by atoms with Gasteiger partial charge in [-0.15, -0.1) is 0 Å². The molecule has 0 N–H and O–H groups in total. The third-order valence-corrected chi connectivity index (χ3v) is 8.85. The lowest BCUT2D eigenvalue weighted by molar-refractivity contribution is -0.121. The van der Waals surface area contributed by atoms with E-state index in [4.69, 9.17) is 4.84 Å². The van der Waals surface area contributed by atoms with E-state index in [0.717, 1.165) is 35.3 Å². The molecule has 2 aliphatic carbocycles. The van der Waals surface area contributed by atoms with Crippen LogP contribution in [0.5, 0.6) is 0 Å². The van der Waals surface area contributed by atoms with Crippen molar-refractivity contribution in [3.63, 3.8) is 0 Å². The molecule has 2 bridgehead atoms. The van der Waals surface area contributed by atoms with Crippen LogP contribution in [0.25, 0.3) is 0 Å². The quantitative estimate of drug-likeness (QED) is 0.598. The second-order valence-corrected chi connectivity index (χ2v) is 10.1. The van der Waals surface area contributed by atoms with Crippen LogP contribution in [0.1, 0.15) is 38.7 Å². The van der Waals surface area contributed by atoms with Crippen molar-refractivity contribution in [1.82, 2.24) is 4.31 Å². The number of oxime groups is 1. The molecule has 1 aromatic rings.